The first kappa shape index (κ1) is 14.1. The summed E-state index contributed by atoms with van der Waals surface area (Å²) in [5.74, 6) is 0.970. The van der Waals surface area contributed by atoms with Crippen molar-refractivity contribution in [1.29, 1.82) is 0 Å². The van der Waals surface area contributed by atoms with Gasteiger partial charge in [0.05, 0.1) is 7.11 Å². The van der Waals surface area contributed by atoms with E-state index in [1.165, 1.54) is 29.5 Å². The highest BCUT2D eigenvalue weighted by atomic mass is 35.5. The van der Waals surface area contributed by atoms with Crippen molar-refractivity contribution in [2.45, 2.75) is 30.7 Å². The van der Waals surface area contributed by atoms with Gasteiger partial charge >= 0.3 is 0 Å². The summed E-state index contributed by atoms with van der Waals surface area (Å²) in [6, 6.07) is 15.1. The Morgan fingerprint density at radius 2 is 1.95 bits per heavy atom. The van der Waals surface area contributed by atoms with Gasteiger partial charge in [-0.15, -0.1) is 0 Å². The Hall–Kier alpha value is -1.51. The quantitative estimate of drug-likeness (QED) is 0.914. The molecule has 1 aliphatic heterocycles. The van der Waals surface area contributed by atoms with Gasteiger partial charge in [-0.2, -0.15) is 0 Å². The number of ether oxygens (including phenoxy) is 1. The molecule has 2 aliphatic rings. The fourth-order valence-corrected chi connectivity index (χ4v) is 3.71. The maximum Gasteiger partial charge on any atom is 0.119 e. The highest BCUT2D eigenvalue weighted by Gasteiger charge is 2.48. The average molecular weight is 314 g/mol. The van der Waals surface area contributed by atoms with Crippen LogP contribution in [0.1, 0.15) is 35.6 Å². The molecule has 2 aromatic rings. The summed E-state index contributed by atoms with van der Waals surface area (Å²) in [6.07, 6.45) is 3.56. The fraction of sp³-hybridized carbons (Fsp3) is 0.368. The summed E-state index contributed by atoms with van der Waals surface area (Å²) in [6.45, 7) is 1.07. The van der Waals surface area contributed by atoms with Crippen LogP contribution in [0.15, 0.2) is 42.5 Å². The summed E-state index contributed by atoms with van der Waals surface area (Å²) in [4.78, 5) is 0. The van der Waals surface area contributed by atoms with Gasteiger partial charge in [-0.3, -0.25) is 0 Å². The fourth-order valence-electron chi connectivity index (χ4n) is 3.58. The van der Waals surface area contributed by atoms with E-state index in [0.717, 1.165) is 23.7 Å². The Labute approximate surface area is 136 Å². The van der Waals surface area contributed by atoms with Crippen molar-refractivity contribution in [2.75, 3.05) is 13.7 Å². The summed E-state index contributed by atoms with van der Waals surface area (Å²) < 4.78 is 5.43. The van der Waals surface area contributed by atoms with Crippen LogP contribution in [-0.2, 0) is 11.8 Å². The van der Waals surface area contributed by atoms with Gasteiger partial charge < -0.3 is 10.1 Å². The predicted octanol–water partition coefficient (Wildman–Crippen LogP) is 4.27. The van der Waals surface area contributed by atoms with E-state index in [-0.39, 0.29) is 0 Å². The van der Waals surface area contributed by atoms with Crippen LogP contribution in [0.25, 0.3) is 0 Å². The molecular weight excluding hydrogens is 294 g/mol. The Bertz CT molecular complexity index is 691. The van der Waals surface area contributed by atoms with Crippen molar-refractivity contribution in [1.82, 2.24) is 5.32 Å². The van der Waals surface area contributed by atoms with E-state index in [1.807, 2.05) is 12.1 Å². The van der Waals surface area contributed by atoms with E-state index in [2.05, 4.69) is 35.6 Å². The molecule has 0 radical (unpaired) electrons. The molecule has 0 aromatic heterocycles. The van der Waals surface area contributed by atoms with Crippen molar-refractivity contribution >= 4 is 11.6 Å². The minimum Gasteiger partial charge on any atom is -0.497 e. The molecule has 1 spiro atoms. The number of nitrogens with one attached hydrogen (secondary N) is 1. The average Bonchev–Trinajstić information content (AvgIpc) is 3.33. The van der Waals surface area contributed by atoms with Crippen LogP contribution in [0, 0.1) is 0 Å². The van der Waals surface area contributed by atoms with E-state index in [1.54, 1.807) is 7.11 Å². The van der Waals surface area contributed by atoms with E-state index in [4.69, 9.17) is 16.3 Å². The highest BCUT2D eigenvalue weighted by Crippen LogP contribution is 2.53. The predicted molar refractivity (Wildman–Crippen MR) is 89.8 cm³/mol. The molecule has 2 aromatic carbocycles. The molecule has 1 unspecified atom stereocenters. The zero-order valence-electron chi connectivity index (χ0n) is 12.7. The molecule has 1 saturated carbocycles. The first-order valence-corrected chi connectivity index (χ1v) is 8.24. The van der Waals surface area contributed by atoms with Crippen LogP contribution < -0.4 is 10.1 Å². The van der Waals surface area contributed by atoms with E-state index >= 15 is 0 Å². The van der Waals surface area contributed by atoms with Crippen LogP contribution in [-0.4, -0.2) is 13.7 Å². The van der Waals surface area contributed by atoms with Crippen LogP contribution in [0.5, 0.6) is 5.75 Å². The lowest BCUT2D eigenvalue weighted by molar-refractivity contribution is 0.406. The molecule has 4 rings (SSSR count). The monoisotopic (exact) mass is 313 g/mol. The SMILES string of the molecule is COc1ccc2c(c1)C1(CC1)CNC2Cc1ccc(Cl)cc1. The maximum atomic E-state index is 5.99. The summed E-state index contributed by atoms with van der Waals surface area (Å²) >= 11 is 5.99. The molecule has 0 bridgehead atoms. The van der Waals surface area contributed by atoms with Crippen molar-refractivity contribution in [2.24, 2.45) is 0 Å². The van der Waals surface area contributed by atoms with E-state index in [9.17, 15) is 0 Å². The molecular formula is C19H20ClNO. The molecule has 1 fully saturated rings. The zero-order chi connectivity index (χ0) is 15.2. The third kappa shape index (κ3) is 2.41. The molecule has 1 atom stereocenters. The Kier molecular flexibility index (Phi) is 3.39. The van der Waals surface area contributed by atoms with Crippen molar-refractivity contribution in [3.8, 4) is 5.75 Å². The van der Waals surface area contributed by atoms with Crippen LogP contribution in [0.4, 0.5) is 0 Å². The van der Waals surface area contributed by atoms with Crippen LogP contribution in [0.3, 0.4) is 0 Å². The number of halogens is 1. The smallest absolute Gasteiger partial charge is 0.119 e. The second kappa shape index (κ2) is 5.29. The van der Waals surface area contributed by atoms with Gasteiger partial charge in [0.1, 0.15) is 5.75 Å². The molecule has 114 valence electrons. The van der Waals surface area contributed by atoms with E-state index in [0.29, 0.717) is 11.5 Å². The van der Waals surface area contributed by atoms with Crippen LogP contribution >= 0.6 is 11.6 Å². The minimum atomic E-state index is 0.361. The summed E-state index contributed by atoms with van der Waals surface area (Å²) in [5, 5.41) is 4.55. The summed E-state index contributed by atoms with van der Waals surface area (Å²) in [7, 11) is 1.74. The first-order valence-electron chi connectivity index (χ1n) is 7.86. The minimum absolute atomic E-state index is 0.361. The normalized spacial score (nSPS) is 21.5. The number of rotatable bonds is 3. The second-order valence-electron chi connectivity index (χ2n) is 6.50. The Morgan fingerprint density at radius 3 is 2.64 bits per heavy atom. The Balaban J connectivity index is 1.66. The number of benzene rings is 2. The lowest BCUT2D eigenvalue weighted by Crippen LogP contribution is -2.38. The largest absolute Gasteiger partial charge is 0.497 e. The lowest BCUT2D eigenvalue weighted by Gasteiger charge is -2.33. The number of fused-ring (bicyclic) bond motifs is 2. The molecule has 1 heterocycles. The van der Waals surface area contributed by atoms with E-state index < -0.39 is 0 Å². The molecule has 0 saturated heterocycles. The van der Waals surface area contributed by atoms with Gasteiger partial charge in [0.25, 0.3) is 0 Å². The molecule has 1 N–H and O–H groups in total. The van der Waals surface area contributed by atoms with Crippen LogP contribution in [0.2, 0.25) is 5.02 Å². The topological polar surface area (TPSA) is 21.3 Å². The third-order valence-electron chi connectivity index (χ3n) is 5.10. The molecule has 22 heavy (non-hydrogen) atoms. The Morgan fingerprint density at radius 1 is 1.18 bits per heavy atom. The standard InChI is InChI=1S/C19H20ClNO/c1-22-15-6-7-16-17(11-15)19(8-9-19)12-21-18(16)10-13-2-4-14(20)5-3-13/h2-7,11,18,21H,8-10,12H2,1H3. The summed E-state index contributed by atoms with van der Waals surface area (Å²) in [5.41, 5.74) is 4.60. The van der Waals surface area contributed by atoms with Gasteiger partial charge in [-0.1, -0.05) is 29.8 Å². The van der Waals surface area contributed by atoms with Gasteiger partial charge in [-0.25, -0.2) is 0 Å². The second-order valence-corrected chi connectivity index (χ2v) is 6.93. The number of hydrogen-bond donors (Lipinski definition) is 1. The van der Waals surface area contributed by atoms with Gasteiger partial charge in [0, 0.05) is 23.0 Å². The third-order valence-corrected chi connectivity index (χ3v) is 5.35. The molecule has 1 aliphatic carbocycles. The lowest BCUT2D eigenvalue weighted by atomic mass is 9.82. The zero-order valence-corrected chi connectivity index (χ0v) is 13.5. The van der Waals surface area contributed by atoms with Crippen molar-refractivity contribution in [3.05, 3.63) is 64.2 Å². The van der Waals surface area contributed by atoms with Gasteiger partial charge in [0.15, 0.2) is 0 Å². The number of methoxy groups -OCH3 is 1. The molecule has 2 nitrogen and oxygen atoms in total. The van der Waals surface area contributed by atoms with Gasteiger partial charge in [-0.05, 0) is 60.2 Å². The molecule has 0 amide bonds. The number of hydrogen-bond acceptors (Lipinski definition) is 2. The first-order chi connectivity index (χ1) is 10.7. The van der Waals surface area contributed by atoms with Crippen molar-refractivity contribution < 1.29 is 4.74 Å². The highest BCUT2D eigenvalue weighted by molar-refractivity contribution is 6.30. The maximum absolute atomic E-state index is 5.99. The van der Waals surface area contributed by atoms with Gasteiger partial charge in [0.2, 0.25) is 0 Å². The molecule has 3 heteroatoms. The van der Waals surface area contributed by atoms with Crippen molar-refractivity contribution in [3.63, 3.8) is 0 Å².